The largest absolute Gasteiger partial charge is 0.463 e. The Balaban J connectivity index is 1.69. The van der Waals surface area contributed by atoms with Gasteiger partial charge in [0.05, 0.1) is 29.3 Å². The number of amides is 1. The molecule has 2 aromatic heterocycles. The van der Waals surface area contributed by atoms with Crippen molar-refractivity contribution in [3.63, 3.8) is 0 Å². The number of carbonyl (C=O) groups is 1. The van der Waals surface area contributed by atoms with E-state index in [1.807, 2.05) is 42.5 Å². The van der Waals surface area contributed by atoms with Crippen LogP contribution in [0.25, 0.3) is 22.2 Å². The molecule has 0 saturated carbocycles. The molecule has 0 atom stereocenters. The molecule has 4 rings (SSSR count). The molecular weight excluding hydrogens is 362 g/mol. The summed E-state index contributed by atoms with van der Waals surface area (Å²) in [6, 6.07) is 21.2. The molecule has 4 aromatic rings. The summed E-state index contributed by atoms with van der Waals surface area (Å²) in [7, 11) is 0. The lowest BCUT2D eigenvalue weighted by atomic mass is 9.99. The molecular formula is C24H21N3O2. The van der Waals surface area contributed by atoms with E-state index in [9.17, 15) is 4.79 Å². The van der Waals surface area contributed by atoms with Crippen LogP contribution in [0.2, 0.25) is 0 Å². The first-order chi connectivity index (χ1) is 14.1. The van der Waals surface area contributed by atoms with E-state index < -0.39 is 0 Å². The summed E-state index contributed by atoms with van der Waals surface area (Å²) in [6.45, 7) is 4.32. The molecule has 144 valence electrons. The van der Waals surface area contributed by atoms with E-state index in [0.29, 0.717) is 17.2 Å². The van der Waals surface area contributed by atoms with Crippen molar-refractivity contribution < 1.29 is 9.21 Å². The Morgan fingerprint density at radius 3 is 2.59 bits per heavy atom. The highest BCUT2D eigenvalue weighted by molar-refractivity contribution is 6.07. The second-order valence-electron chi connectivity index (χ2n) is 7.06. The molecule has 0 fully saturated rings. The van der Waals surface area contributed by atoms with Crippen molar-refractivity contribution >= 4 is 23.0 Å². The lowest BCUT2D eigenvalue weighted by Gasteiger charge is -2.10. The number of para-hydroxylation sites is 1. The van der Waals surface area contributed by atoms with Crippen LogP contribution in [0.15, 0.2) is 82.5 Å². The monoisotopic (exact) mass is 383 g/mol. The Labute approximate surface area is 169 Å². The first kappa shape index (κ1) is 18.6. The SMILES string of the molecule is CC(C)c1ccc(-c2cc(C(=O)N/N=C\c3ccco3)c3ccccc3n2)cc1. The summed E-state index contributed by atoms with van der Waals surface area (Å²) in [5.74, 6) is 0.726. The average molecular weight is 383 g/mol. The van der Waals surface area contributed by atoms with Gasteiger partial charge in [-0.25, -0.2) is 10.4 Å². The average Bonchev–Trinajstić information content (AvgIpc) is 3.26. The highest BCUT2D eigenvalue weighted by Crippen LogP contribution is 2.26. The number of carbonyl (C=O) groups excluding carboxylic acids is 1. The van der Waals surface area contributed by atoms with E-state index in [4.69, 9.17) is 9.40 Å². The molecule has 0 unspecified atom stereocenters. The fourth-order valence-corrected chi connectivity index (χ4v) is 3.13. The predicted molar refractivity (Wildman–Crippen MR) is 115 cm³/mol. The van der Waals surface area contributed by atoms with Crippen LogP contribution in [0.5, 0.6) is 0 Å². The Morgan fingerprint density at radius 1 is 1.07 bits per heavy atom. The Morgan fingerprint density at radius 2 is 1.86 bits per heavy atom. The van der Waals surface area contributed by atoms with Crippen molar-refractivity contribution in [3.05, 3.63) is 89.9 Å². The number of furan rings is 1. The molecule has 0 aliphatic rings. The normalized spacial score (nSPS) is 11.4. The molecule has 0 radical (unpaired) electrons. The number of nitrogens with zero attached hydrogens (tertiary/aromatic N) is 2. The molecule has 2 heterocycles. The number of fused-ring (bicyclic) bond motifs is 1. The molecule has 0 saturated heterocycles. The summed E-state index contributed by atoms with van der Waals surface area (Å²) in [6.07, 6.45) is 3.02. The zero-order valence-corrected chi connectivity index (χ0v) is 16.3. The van der Waals surface area contributed by atoms with Gasteiger partial charge in [-0.2, -0.15) is 5.10 Å². The van der Waals surface area contributed by atoms with Gasteiger partial charge in [-0.15, -0.1) is 0 Å². The lowest BCUT2D eigenvalue weighted by Crippen LogP contribution is -2.18. The van der Waals surface area contributed by atoms with Crippen molar-refractivity contribution in [2.24, 2.45) is 5.10 Å². The number of hydrazone groups is 1. The standard InChI is InChI=1S/C24H21N3O2/c1-16(2)17-9-11-18(12-10-17)23-14-21(20-7-3-4-8-22(20)26-23)24(28)27-25-15-19-6-5-13-29-19/h3-16H,1-2H3,(H,27,28)/b25-15-. The minimum Gasteiger partial charge on any atom is -0.463 e. The number of aromatic nitrogens is 1. The molecule has 0 bridgehead atoms. The van der Waals surface area contributed by atoms with Gasteiger partial charge in [0, 0.05) is 10.9 Å². The fourth-order valence-electron chi connectivity index (χ4n) is 3.13. The van der Waals surface area contributed by atoms with Gasteiger partial charge in [-0.3, -0.25) is 4.79 Å². The highest BCUT2D eigenvalue weighted by atomic mass is 16.3. The van der Waals surface area contributed by atoms with Crippen molar-refractivity contribution in [2.45, 2.75) is 19.8 Å². The predicted octanol–water partition coefficient (Wildman–Crippen LogP) is 5.38. The van der Waals surface area contributed by atoms with E-state index in [2.05, 4.69) is 36.5 Å². The quantitative estimate of drug-likeness (QED) is 0.371. The smallest absolute Gasteiger partial charge is 0.272 e. The molecule has 0 spiro atoms. The summed E-state index contributed by atoms with van der Waals surface area (Å²) in [5.41, 5.74) is 6.84. The molecule has 0 aliphatic heterocycles. The Hall–Kier alpha value is -3.73. The molecule has 0 aliphatic carbocycles. The first-order valence-corrected chi connectivity index (χ1v) is 9.49. The molecule has 1 N–H and O–H groups in total. The van der Waals surface area contributed by atoms with Crippen molar-refractivity contribution in [1.29, 1.82) is 0 Å². The zero-order valence-electron chi connectivity index (χ0n) is 16.3. The van der Waals surface area contributed by atoms with E-state index in [-0.39, 0.29) is 5.91 Å². The van der Waals surface area contributed by atoms with Gasteiger partial charge < -0.3 is 4.42 Å². The summed E-state index contributed by atoms with van der Waals surface area (Å²) >= 11 is 0. The summed E-state index contributed by atoms with van der Waals surface area (Å²) < 4.78 is 5.18. The van der Waals surface area contributed by atoms with Gasteiger partial charge in [0.25, 0.3) is 5.91 Å². The van der Waals surface area contributed by atoms with E-state index in [1.165, 1.54) is 11.8 Å². The topological polar surface area (TPSA) is 67.5 Å². The second kappa shape index (κ2) is 8.10. The first-order valence-electron chi connectivity index (χ1n) is 9.49. The maximum atomic E-state index is 12.8. The third kappa shape index (κ3) is 4.09. The minimum atomic E-state index is -0.300. The van der Waals surface area contributed by atoms with Crippen LogP contribution in [0.3, 0.4) is 0 Å². The van der Waals surface area contributed by atoms with Crippen LogP contribution in [-0.4, -0.2) is 17.1 Å². The van der Waals surface area contributed by atoms with Gasteiger partial charge >= 0.3 is 0 Å². The number of benzene rings is 2. The third-order valence-electron chi connectivity index (χ3n) is 4.73. The number of hydrogen-bond donors (Lipinski definition) is 1. The van der Waals surface area contributed by atoms with Gasteiger partial charge in [-0.05, 0) is 35.7 Å². The lowest BCUT2D eigenvalue weighted by molar-refractivity contribution is 0.0956. The molecule has 2 aromatic carbocycles. The number of nitrogens with one attached hydrogen (secondary N) is 1. The fraction of sp³-hybridized carbons (Fsp3) is 0.125. The number of pyridine rings is 1. The van der Waals surface area contributed by atoms with Crippen LogP contribution < -0.4 is 5.43 Å². The Bertz CT molecular complexity index is 1160. The van der Waals surface area contributed by atoms with Crippen LogP contribution in [0.4, 0.5) is 0 Å². The summed E-state index contributed by atoms with van der Waals surface area (Å²) in [4.78, 5) is 17.6. The van der Waals surface area contributed by atoms with E-state index in [1.54, 1.807) is 18.4 Å². The van der Waals surface area contributed by atoms with Gasteiger partial charge in [-0.1, -0.05) is 56.3 Å². The van der Waals surface area contributed by atoms with Gasteiger partial charge in [0.15, 0.2) is 0 Å². The maximum Gasteiger partial charge on any atom is 0.272 e. The second-order valence-corrected chi connectivity index (χ2v) is 7.06. The molecule has 5 heteroatoms. The number of hydrogen-bond acceptors (Lipinski definition) is 4. The van der Waals surface area contributed by atoms with Crippen molar-refractivity contribution in [3.8, 4) is 11.3 Å². The van der Waals surface area contributed by atoms with Gasteiger partial charge in [0.2, 0.25) is 0 Å². The van der Waals surface area contributed by atoms with Crippen LogP contribution in [-0.2, 0) is 0 Å². The van der Waals surface area contributed by atoms with Crippen LogP contribution in [0, 0.1) is 0 Å². The van der Waals surface area contributed by atoms with Crippen LogP contribution >= 0.6 is 0 Å². The highest BCUT2D eigenvalue weighted by Gasteiger charge is 2.14. The molecule has 1 amide bonds. The minimum absolute atomic E-state index is 0.300. The maximum absolute atomic E-state index is 12.8. The van der Waals surface area contributed by atoms with Crippen molar-refractivity contribution in [1.82, 2.24) is 10.4 Å². The van der Waals surface area contributed by atoms with Crippen molar-refractivity contribution in [2.75, 3.05) is 0 Å². The number of rotatable bonds is 5. The Kier molecular flexibility index (Phi) is 5.20. The summed E-state index contributed by atoms with van der Waals surface area (Å²) in [5, 5.41) is 4.77. The molecule has 29 heavy (non-hydrogen) atoms. The third-order valence-corrected chi connectivity index (χ3v) is 4.73. The van der Waals surface area contributed by atoms with E-state index >= 15 is 0 Å². The van der Waals surface area contributed by atoms with Crippen LogP contribution in [0.1, 0.15) is 41.4 Å². The molecule has 5 nitrogen and oxygen atoms in total. The zero-order chi connectivity index (χ0) is 20.2. The van der Waals surface area contributed by atoms with E-state index in [0.717, 1.165) is 22.2 Å². The van der Waals surface area contributed by atoms with Gasteiger partial charge in [0.1, 0.15) is 5.76 Å².